The first-order valence-corrected chi connectivity index (χ1v) is 8.27. The molecule has 2 rings (SSSR count). The molecule has 2 aromatic carbocycles. The maximum absolute atomic E-state index is 11.2. The van der Waals surface area contributed by atoms with Gasteiger partial charge in [0.1, 0.15) is 0 Å². The van der Waals surface area contributed by atoms with Crippen molar-refractivity contribution in [3.63, 3.8) is 0 Å². The Kier molecular flexibility index (Phi) is 4.21. The molecule has 0 fully saturated rings. The number of rotatable bonds is 4. The predicted octanol–water partition coefficient (Wildman–Crippen LogP) is 3.76. The lowest BCUT2D eigenvalue weighted by Gasteiger charge is -2.27. The summed E-state index contributed by atoms with van der Waals surface area (Å²) < 4.78 is 31.5. The van der Waals surface area contributed by atoms with Crippen LogP contribution in [0.5, 0.6) is 0 Å². The number of benzene rings is 2. The van der Waals surface area contributed by atoms with Crippen molar-refractivity contribution >= 4 is 10.1 Å². The van der Waals surface area contributed by atoms with Gasteiger partial charge in [-0.25, -0.2) is 0 Å². The average Bonchev–Trinajstić information content (AvgIpc) is 2.37. The molecule has 0 amide bonds. The first-order valence-electron chi connectivity index (χ1n) is 6.83. The first kappa shape index (κ1) is 15.7. The van der Waals surface area contributed by atoms with Crippen LogP contribution in [0.15, 0.2) is 53.4 Å². The zero-order chi connectivity index (χ0) is 15.7. The summed E-state index contributed by atoms with van der Waals surface area (Å²) in [5.74, 6) is 0. The molecule has 0 aliphatic rings. The van der Waals surface area contributed by atoms with Crippen LogP contribution in [-0.2, 0) is 22.0 Å². The Labute approximate surface area is 126 Å². The van der Waals surface area contributed by atoms with E-state index in [1.165, 1.54) is 17.7 Å². The van der Waals surface area contributed by atoms with Gasteiger partial charge < -0.3 is 0 Å². The highest BCUT2D eigenvalue weighted by atomic mass is 32.2. The third kappa shape index (κ3) is 3.71. The van der Waals surface area contributed by atoms with Gasteiger partial charge in [-0.15, -0.1) is 0 Å². The lowest BCUT2D eigenvalue weighted by molar-refractivity contribution is 0.482. The van der Waals surface area contributed by atoms with E-state index >= 15 is 0 Å². The van der Waals surface area contributed by atoms with Crippen LogP contribution in [0.2, 0.25) is 0 Å². The highest BCUT2D eigenvalue weighted by Gasteiger charge is 2.24. The maximum atomic E-state index is 11.2. The molecule has 0 saturated carbocycles. The van der Waals surface area contributed by atoms with Crippen LogP contribution in [-0.4, -0.2) is 13.0 Å². The van der Waals surface area contributed by atoms with Gasteiger partial charge in [-0.1, -0.05) is 50.2 Å². The van der Waals surface area contributed by atoms with Crippen LogP contribution in [0.25, 0.3) is 0 Å². The highest BCUT2D eigenvalue weighted by molar-refractivity contribution is 7.85. The molecule has 1 N–H and O–H groups in total. The molecule has 0 heterocycles. The van der Waals surface area contributed by atoms with Crippen molar-refractivity contribution in [2.75, 3.05) is 0 Å². The molecule has 2 aromatic rings. The van der Waals surface area contributed by atoms with Gasteiger partial charge in [-0.05, 0) is 47.6 Å². The van der Waals surface area contributed by atoms with Crippen molar-refractivity contribution in [3.05, 3.63) is 65.2 Å². The predicted molar refractivity (Wildman–Crippen MR) is 84.2 cm³/mol. The van der Waals surface area contributed by atoms with Crippen LogP contribution in [0.1, 0.15) is 30.5 Å². The molecule has 0 aromatic heterocycles. The van der Waals surface area contributed by atoms with E-state index in [4.69, 9.17) is 4.55 Å². The first-order chi connectivity index (χ1) is 9.70. The fraction of sp³-hybridized carbons (Fsp3) is 0.294. The lowest BCUT2D eigenvalue weighted by atomic mass is 9.77. The van der Waals surface area contributed by atoms with Crippen molar-refractivity contribution < 1.29 is 13.0 Å². The van der Waals surface area contributed by atoms with Crippen molar-refractivity contribution in [2.45, 2.75) is 37.5 Å². The zero-order valence-corrected chi connectivity index (χ0v) is 13.3. The summed E-state index contributed by atoms with van der Waals surface area (Å²) in [5, 5.41) is 0. The van der Waals surface area contributed by atoms with Gasteiger partial charge >= 0.3 is 0 Å². The minimum absolute atomic E-state index is 0.0562. The quantitative estimate of drug-likeness (QED) is 0.875. The van der Waals surface area contributed by atoms with E-state index in [9.17, 15) is 8.42 Å². The van der Waals surface area contributed by atoms with E-state index in [0.29, 0.717) is 0 Å². The molecule has 0 aliphatic carbocycles. The van der Waals surface area contributed by atoms with Gasteiger partial charge in [0, 0.05) is 0 Å². The Morgan fingerprint density at radius 3 is 2.19 bits per heavy atom. The minimum Gasteiger partial charge on any atom is -0.282 e. The topological polar surface area (TPSA) is 54.4 Å². The standard InChI is InChI=1S/C17H20O3S/c1-13-11-15(21(18,19)20)9-10-16(13)17(2,3)12-14-7-5-4-6-8-14/h4-11H,12H2,1-3H3,(H,18,19,20). The Balaban J connectivity index is 2.37. The zero-order valence-electron chi connectivity index (χ0n) is 12.5. The Hall–Kier alpha value is -1.65. The van der Waals surface area contributed by atoms with Gasteiger partial charge in [-0.3, -0.25) is 4.55 Å². The fourth-order valence-corrected chi connectivity index (χ4v) is 3.32. The third-order valence-electron chi connectivity index (χ3n) is 3.71. The summed E-state index contributed by atoms with van der Waals surface area (Å²) in [6.07, 6.45) is 0.861. The summed E-state index contributed by atoms with van der Waals surface area (Å²) >= 11 is 0. The molecule has 0 spiro atoms. The summed E-state index contributed by atoms with van der Waals surface area (Å²) in [5.41, 5.74) is 3.06. The largest absolute Gasteiger partial charge is 0.294 e. The monoisotopic (exact) mass is 304 g/mol. The Morgan fingerprint density at radius 1 is 1.05 bits per heavy atom. The number of hydrogen-bond acceptors (Lipinski definition) is 2. The van der Waals surface area contributed by atoms with E-state index in [1.807, 2.05) is 25.1 Å². The molecular formula is C17H20O3S. The third-order valence-corrected chi connectivity index (χ3v) is 4.56. The van der Waals surface area contributed by atoms with Gasteiger partial charge in [0.2, 0.25) is 0 Å². The molecule has 0 bridgehead atoms. The summed E-state index contributed by atoms with van der Waals surface area (Å²) in [4.78, 5) is -0.0562. The van der Waals surface area contributed by atoms with E-state index in [1.54, 1.807) is 6.07 Å². The minimum atomic E-state index is -4.15. The van der Waals surface area contributed by atoms with E-state index in [0.717, 1.165) is 17.5 Å². The lowest BCUT2D eigenvalue weighted by Crippen LogP contribution is -2.22. The molecule has 112 valence electrons. The van der Waals surface area contributed by atoms with Crippen LogP contribution in [0.4, 0.5) is 0 Å². The normalized spacial score (nSPS) is 12.4. The second kappa shape index (κ2) is 5.62. The van der Waals surface area contributed by atoms with Crippen LogP contribution >= 0.6 is 0 Å². The van der Waals surface area contributed by atoms with Crippen molar-refractivity contribution in [3.8, 4) is 0 Å². The van der Waals surface area contributed by atoms with Crippen LogP contribution in [0.3, 0.4) is 0 Å². The Bertz CT molecular complexity index is 732. The van der Waals surface area contributed by atoms with Gasteiger partial charge in [0.15, 0.2) is 0 Å². The average molecular weight is 304 g/mol. The second-order valence-corrected chi connectivity index (χ2v) is 7.42. The van der Waals surface area contributed by atoms with Gasteiger partial charge in [0.05, 0.1) is 4.90 Å². The van der Waals surface area contributed by atoms with E-state index in [-0.39, 0.29) is 10.3 Å². The van der Waals surface area contributed by atoms with E-state index < -0.39 is 10.1 Å². The van der Waals surface area contributed by atoms with Gasteiger partial charge in [-0.2, -0.15) is 8.42 Å². The molecule has 4 heteroatoms. The molecular weight excluding hydrogens is 284 g/mol. The van der Waals surface area contributed by atoms with Crippen LogP contribution < -0.4 is 0 Å². The number of aryl methyl sites for hydroxylation is 1. The maximum Gasteiger partial charge on any atom is 0.294 e. The molecule has 0 saturated heterocycles. The van der Waals surface area contributed by atoms with Crippen LogP contribution in [0, 0.1) is 6.92 Å². The molecule has 0 atom stereocenters. The summed E-state index contributed by atoms with van der Waals surface area (Å²) in [6, 6.07) is 15.0. The summed E-state index contributed by atoms with van der Waals surface area (Å²) in [7, 11) is -4.15. The number of hydrogen-bond donors (Lipinski definition) is 1. The molecule has 0 radical (unpaired) electrons. The smallest absolute Gasteiger partial charge is 0.282 e. The van der Waals surface area contributed by atoms with Crippen molar-refractivity contribution in [1.82, 2.24) is 0 Å². The highest BCUT2D eigenvalue weighted by Crippen LogP contribution is 2.31. The Morgan fingerprint density at radius 2 is 1.67 bits per heavy atom. The second-order valence-electron chi connectivity index (χ2n) is 6.00. The SMILES string of the molecule is Cc1cc(S(=O)(=O)O)ccc1C(C)(C)Cc1ccccc1. The van der Waals surface area contributed by atoms with Gasteiger partial charge in [0.25, 0.3) is 10.1 Å². The molecule has 3 nitrogen and oxygen atoms in total. The summed E-state index contributed by atoms with van der Waals surface area (Å²) in [6.45, 7) is 6.14. The van der Waals surface area contributed by atoms with Crippen molar-refractivity contribution in [1.29, 1.82) is 0 Å². The fourth-order valence-electron chi connectivity index (χ4n) is 2.76. The molecule has 21 heavy (non-hydrogen) atoms. The molecule has 0 unspecified atom stereocenters. The molecule has 0 aliphatic heterocycles. The van der Waals surface area contributed by atoms with E-state index in [2.05, 4.69) is 26.0 Å². The van der Waals surface area contributed by atoms with Crippen molar-refractivity contribution in [2.24, 2.45) is 0 Å².